The standard InChI is InChI=1S/C23H27NO4/c1-27-16-6-5-14-9-17-23(26)21(12-24(17)10-13-3-2-4-13)8-7-15(25)20-22(23,11-21)18(14)19(16)28-20/h5-8,13,15,17,20,25-26H,2-4,9-12H2,1H3. The SMILES string of the molecule is COc1ccc2c3c1OC1C(O)C=CC45CN(CC6CCC6)C(C2)C4(O)C31C5. The summed E-state index contributed by atoms with van der Waals surface area (Å²) < 4.78 is 12.0. The van der Waals surface area contributed by atoms with Crippen molar-refractivity contribution in [1.29, 1.82) is 0 Å². The van der Waals surface area contributed by atoms with Gasteiger partial charge in [-0.05, 0) is 43.2 Å². The van der Waals surface area contributed by atoms with Crippen molar-refractivity contribution in [3.05, 3.63) is 35.4 Å². The molecular weight excluding hydrogens is 354 g/mol. The molecule has 0 aromatic heterocycles. The van der Waals surface area contributed by atoms with Gasteiger partial charge in [0.15, 0.2) is 11.5 Å². The van der Waals surface area contributed by atoms with Crippen molar-refractivity contribution < 1.29 is 19.7 Å². The van der Waals surface area contributed by atoms with Gasteiger partial charge >= 0.3 is 0 Å². The first-order valence-electron chi connectivity index (χ1n) is 10.7. The zero-order valence-electron chi connectivity index (χ0n) is 16.2. The number of benzene rings is 1. The Morgan fingerprint density at radius 3 is 2.93 bits per heavy atom. The number of ether oxygens (including phenoxy) is 2. The number of likely N-dealkylation sites (tertiary alicyclic amines) is 1. The van der Waals surface area contributed by atoms with Gasteiger partial charge in [-0.3, -0.25) is 4.90 Å². The zero-order chi connectivity index (χ0) is 18.9. The topological polar surface area (TPSA) is 62.2 Å². The fraction of sp³-hybridized carbons (Fsp3) is 0.652. The molecule has 5 nitrogen and oxygen atoms in total. The molecule has 0 amide bonds. The van der Waals surface area contributed by atoms with Crippen LogP contribution in [-0.4, -0.2) is 59.2 Å². The normalized spacial score (nSPS) is 47.0. The van der Waals surface area contributed by atoms with E-state index < -0.39 is 23.2 Å². The number of hydrogen-bond donors (Lipinski definition) is 2. The Morgan fingerprint density at radius 1 is 1.32 bits per heavy atom. The van der Waals surface area contributed by atoms with Crippen molar-refractivity contribution in [2.75, 3.05) is 20.2 Å². The Balaban J connectivity index is 1.45. The molecule has 5 heteroatoms. The maximum absolute atomic E-state index is 12.5. The molecule has 2 bridgehead atoms. The number of aliphatic hydroxyl groups excluding tert-OH is 1. The maximum Gasteiger partial charge on any atom is 0.166 e. The number of nitrogens with zero attached hydrogens (tertiary/aromatic N) is 1. The highest BCUT2D eigenvalue weighted by molar-refractivity contribution is 5.67. The van der Waals surface area contributed by atoms with Gasteiger partial charge in [0.1, 0.15) is 17.8 Å². The van der Waals surface area contributed by atoms with Crippen molar-refractivity contribution in [3.63, 3.8) is 0 Å². The van der Waals surface area contributed by atoms with Gasteiger partial charge in [0, 0.05) is 30.1 Å². The summed E-state index contributed by atoms with van der Waals surface area (Å²) in [6, 6.07) is 4.23. The van der Waals surface area contributed by atoms with Crippen LogP contribution in [0.4, 0.5) is 0 Å². The lowest BCUT2D eigenvalue weighted by Crippen LogP contribution is -2.80. The zero-order valence-corrected chi connectivity index (χ0v) is 16.2. The Labute approximate surface area is 164 Å². The Bertz CT molecular complexity index is 925. The van der Waals surface area contributed by atoms with E-state index in [4.69, 9.17) is 9.47 Å². The lowest BCUT2D eigenvalue weighted by molar-refractivity contribution is -0.229. The van der Waals surface area contributed by atoms with Gasteiger partial charge in [-0.2, -0.15) is 0 Å². The minimum atomic E-state index is -0.882. The van der Waals surface area contributed by atoms with Gasteiger partial charge in [-0.1, -0.05) is 24.6 Å². The van der Waals surface area contributed by atoms with Crippen molar-refractivity contribution in [2.24, 2.45) is 11.3 Å². The third-order valence-electron chi connectivity index (χ3n) is 9.10. The molecule has 28 heavy (non-hydrogen) atoms. The summed E-state index contributed by atoms with van der Waals surface area (Å²) in [6.07, 6.45) is 8.53. The van der Waals surface area contributed by atoms with Gasteiger partial charge in [-0.15, -0.1) is 0 Å². The van der Waals surface area contributed by atoms with Gasteiger partial charge in [-0.25, -0.2) is 0 Å². The lowest BCUT2D eigenvalue weighted by atomic mass is 9.37. The largest absolute Gasteiger partial charge is 0.493 e. The Hall–Kier alpha value is -1.56. The number of rotatable bonds is 3. The minimum absolute atomic E-state index is 0.0924. The third-order valence-corrected chi connectivity index (χ3v) is 9.10. The lowest BCUT2D eigenvalue weighted by Gasteiger charge is -2.67. The second-order valence-electron chi connectivity index (χ2n) is 10.0. The number of fused-ring (bicyclic) bond motifs is 1. The molecule has 2 spiro atoms. The van der Waals surface area contributed by atoms with Crippen LogP contribution in [0.5, 0.6) is 11.5 Å². The first-order chi connectivity index (χ1) is 13.5. The summed E-state index contributed by atoms with van der Waals surface area (Å²) in [7, 11) is 1.66. The molecule has 2 heterocycles. The molecule has 3 fully saturated rings. The van der Waals surface area contributed by atoms with E-state index >= 15 is 0 Å². The van der Waals surface area contributed by atoms with Gasteiger partial charge in [0.05, 0.1) is 12.5 Å². The van der Waals surface area contributed by atoms with Crippen LogP contribution in [-0.2, 0) is 11.8 Å². The van der Waals surface area contributed by atoms with Crippen LogP contribution < -0.4 is 9.47 Å². The maximum atomic E-state index is 12.5. The smallest absolute Gasteiger partial charge is 0.166 e. The van der Waals surface area contributed by atoms with Crippen LogP contribution in [0.15, 0.2) is 24.3 Å². The van der Waals surface area contributed by atoms with E-state index in [-0.39, 0.29) is 11.5 Å². The van der Waals surface area contributed by atoms with E-state index in [2.05, 4.69) is 17.0 Å². The quantitative estimate of drug-likeness (QED) is 0.782. The van der Waals surface area contributed by atoms with E-state index in [0.29, 0.717) is 5.75 Å². The fourth-order valence-corrected chi connectivity index (χ4v) is 7.82. The summed E-state index contributed by atoms with van der Waals surface area (Å²) in [4.78, 5) is 2.57. The van der Waals surface area contributed by atoms with Crippen LogP contribution in [0.25, 0.3) is 0 Å². The summed E-state index contributed by atoms with van der Waals surface area (Å²) in [6.45, 7) is 1.98. The molecule has 0 radical (unpaired) electrons. The van der Waals surface area contributed by atoms with Crippen molar-refractivity contribution >= 4 is 0 Å². The second kappa shape index (κ2) is 4.77. The van der Waals surface area contributed by atoms with Crippen LogP contribution in [0.3, 0.4) is 0 Å². The first-order valence-corrected chi connectivity index (χ1v) is 10.7. The highest BCUT2D eigenvalue weighted by Crippen LogP contribution is 2.77. The molecule has 1 saturated heterocycles. The summed E-state index contributed by atoms with van der Waals surface area (Å²) in [5.74, 6) is 2.23. The molecular formula is C23H27NO4. The summed E-state index contributed by atoms with van der Waals surface area (Å²) in [5.41, 5.74) is 0.679. The Kier molecular flexibility index (Phi) is 2.77. The first kappa shape index (κ1) is 16.3. The second-order valence-corrected chi connectivity index (χ2v) is 10.0. The molecule has 1 aromatic carbocycles. The molecule has 6 atom stereocenters. The minimum Gasteiger partial charge on any atom is -0.493 e. The summed E-state index contributed by atoms with van der Waals surface area (Å²) in [5, 5.41) is 23.4. The van der Waals surface area contributed by atoms with Crippen molar-refractivity contribution in [1.82, 2.24) is 4.90 Å². The molecule has 2 aliphatic heterocycles. The van der Waals surface area contributed by atoms with E-state index in [1.165, 1.54) is 24.8 Å². The predicted molar refractivity (Wildman–Crippen MR) is 103 cm³/mol. The van der Waals surface area contributed by atoms with Crippen molar-refractivity contribution in [2.45, 2.75) is 61.4 Å². The predicted octanol–water partition coefficient (Wildman–Crippen LogP) is 1.79. The van der Waals surface area contributed by atoms with E-state index in [1.807, 2.05) is 12.1 Å². The highest BCUT2D eigenvalue weighted by Gasteiger charge is 2.86. The van der Waals surface area contributed by atoms with Gasteiger partial charge in [0.25, 0.3) is 0 Å². The van der Waals surface area contributed by atoms with Crippen LogP contribution in [0.2, 0.25) is 0 Å². The van der Waals surface area contributed by atoms with Gasteiger partial charge < -0.3 is 19.7 Å². The van der Waals surface area contributed by atoms with Crippen LogP contribution in [0.1, 0.15) is 36.8 Å². The third kappa shape index (κ3) is 1.44. The Morgan fingerprint density at radius 2 is 2.18 bits per heavy atom. The number of methoxy groups -OCH3 is 1. The molecule has 1 aromatic rings. The monoisotopic (exact) mass is 381 g/mol. The van der Waals surface area contributed by atoms with E-state index in [9.17, 15) is 10.2 Å². The molecule has 148 valence electrons. The molecule has 5 aliphatic carbocycles. The molecule has 7 aliphatic rings. The van der Waals surface area contributed by atoms with Crippen LogP contribution >= 0.6 is 0 Å². The average Bonchev–Trinajstić information content (AvgIpc) is 3.05. The van der Waals surface area contributed by atoms with Gasteiger partial charge in [0.2, 0.25) is 0 Å². The van der Waals surface area contributed by atoms with Crippen molar-refractivity contribution in [3.8, 4) is 11.5 Å². The molecule has 2 saturated carbocycles. The molecule has 6 unspecified atom stereocenters. The number of aliphatic hydroxyl groups is 2. The van der Waals surface area contributed by atoms with Crippen LogP contribution in [0, 0.1) is 11.3 Å². The van der Waals surface area contributed by atoms with E-state index in [0.717, 1.165) is 43.2 Å². The highest BCUT2D eigenvalue weighted by atomic mass is 16.5. The number of hydrogen-bond acceptors (Lipinski definition) is 5. The molecule has 2 N–H and O–H groups in total. The fourth-order valence-electron chi connectivity index (χ4n) is 7.82. The summed E-state index contributed by atoms with van der Waals surface area (Å²) >= 11 is 0. The average molecular weight is 381 g/mol. The van der Waals surface area contributed by atoms with E-state index in [1.54, 1.807) is 7.11 Å². The molecule has 8 rings (SSSR count).